The van der Waals surface area contributed by atoms with Crippen molar-refractivity contribution >= 4 is 23.2 Å². The van der Waals surface area contributed by atoms with Gasteiger partial charge in [-0.3, -0.25) is 4.90 Å². The molecular weight excluding hydrogens is 338 g/mol. The van der Waals surface area contributed by atoms with E-state index in [1.54, 1.807) is 0 Å². The van der Waals surface area contributed by atoms with Crippen LogP contribution in [0.4, 0.5) is 11.4 Å². The zero-order chi connectivity index (χ0) is 18.4. The lowest BCUT2D eigenvalue weighted by atomic mass is 10.1. The normalized spacial score (nSPS) is 19.3. The predicted molar refractivity (Wildman–Crippen MR) is 107 cm³/mol. The van der Waals surface area contributed by atoms with E-state index in [1.807, 2.05) is 35.0 Å². The molecule has 138 valence electrons. The molecule has 5 rings (SSSR count). The van der Waals surface area contributed by atoms with Crippen LogP contribution in [-0.4, -0.2) is 52.5 Å². The maximum Gasteiger partial charge on any atom is 0.140 e. The molecule has 3 heterocycles. The number of hydrogen-bond acceptors (Lipinski definition) is 5. The second-order valence-electron chi connectivity index (χ2n) is 7.59. The van der Waals surface area contributed by atoms with Gasteiger partial charge in [0.2, 0.25) is 0 Å². The van der Waals surface area contributed by atoms with Gasteiger partial charge in [0.25, 0.3) is 0 Å². The molecule has 1 aromatic carbocycles. The number of aldehydes is 1. The number of aromatic nitrogens is 2. The first-order valence-corrected chi connectivity index (χ1v) is 9.48. The van der Waals surface area contributed by atoms with E-state index < -0.39 is 0 Å². The molecule has 0 atom stereocenters. The molecule has 2 N–H and O–H groups in total. The Morgan fingerprint density at radius 3 is 2.41 bits per heavy atom. The van der Waals surface area contributed by atoms with Crippen LogP contribution in [0.2, 0.25) is 0 Å². The fourth-order valence-electron chi connectivity index (χ4n) is 4.13. The summed E-state index contributed by atoms with van der Waals surface area (Å²) in [5, 5.41) is 4.49. The van der Waals surface area contributed by atoms with Gasteiger partial charge in [-0.2, -0.15) is 5.10 Å². The van der Waals surface area contributed by atoms with Crippen LogP contribution in [-0.2, 0) is 4.79 Å². The lowest BCUT2D eigenvalue weighted by Gasteiger charge is -2.39. The van der Waals surface area contributed by atoms with E-state index in [1.165, 1.54) is 5.69 Å². The first-order chi connectivity index (χ1) is 13.2. The first kappa shape index (κ1) is 16.3. The molecule has 0 radical (unpaired) electrons. The summed E-state index contributed by atoms with van der Waals surface area (Å²) >= 11 is 0. The quantitative estimate of drug-likeness (QED) is 0.571. The zero-order valence-corrected chi connectivity index (χ0v) is 15.2. The summed E-state index contributed by atoms with van der Waals surface area (Å²) in [5.41, 5.74) is 11.0. The van der Waals surface area contributed by atoms with Crippen molar-refractivity contribution in [2.24, 2.45) is 0 Å². The minimum Gasteiger partial charge on any atom is -0.399 e. The zero-order valence-electron chi connectivity index (χ0n) is 15.2. The molecule has 1 saturated carbocycles. The van der Waals surface area contributed by atoms with Gasteiger partial charge in [-0.15, -0.1) is 0 Å². The Balaban J connectivity index is 1.42. The number of fused-ring (bicyclic) bond motifs is 1. The number of rotatable bonds is 4. The van der Waals surface area contributed by atoms with Crippen LogP contribution in [0.3, 0.4) is 0 Å². The van der Waals surface area contributed by atoms with Gasteiger partial charge in [-0.05, 0) is 42.7 Å². The number of carbonyl (C=O) groups excluding carboxylic acids is 1. The molecule has 6 nitrogen and oxygen atoms in total. The van der Waals surface area contributed by atoms with E-state index >= 15 is 0 Å². The number of nitrogen functional groups attached to an aromatic ring is 1. The van der Waals surface area contributed by atoms with Crippen LogP contribution >= 0.6 is 0 Å². The van der Waals surface area contributed by atoms with E-state index in [-0.39, 0.29) is 5.54 Å². The van der Waals surface area contributed by atoms with Gasteiger partial charge >= 0.3 is 0 Å². The molecule has 3 aromatic rings. The summed E-state index contributed by atoms with van der Waals surface area (Å²) in [6, 6.07) is 12.2. The van der Waals surface area contributed by atoms with Crippen LogP contribution in [0.1, 0.15) is 12.8 Å². The molecule has 0 spiro atoms. The van der Waals surface area contributed by atoms with Gasteiger partial charge in [0, 0.05) is 49.8 Å². The van der Waals surface area contributed by atoms with Crippen molar-refractivity contribution in [2.45, 2.75) is 18.4 Å². The Morgan fingerprint density at radius 2 is 1.74 bits per heavy atom. The Bertz CT molecular complexity index is 981. The summed E-state index contributed by atoms with van der Waals surface area (Å²) in [6.07, 6.45) is 7.10. The van der Waals surface area contributed by atoms with E-state index in [2.05, 4.69) is 33.2 Å². The van der Waals surface area contributed by atoms with Gasteiger partial charge in [-0.1, -0.05) is 12.1 Å². The lowest BCUT2D eigenvalue weighted by Crippen LogP contribution is -2.52. The Morgan fingerprint density at radius 1 is 1.00 bits per heavy atom. The smallest absolute Gasteiger partial charge is 0.140 e. The van der Waals surface area contributed by atoms with Gasteiger partial charge in [0.1, 0.15) is 6.29 Å². The minimum absolute atomic E-state index is 0.156. The molecule has 0 unspecified atom stereocenters. The highest BCUT2D eigenvalue weighted by Crippen LogP contribution is 2.40. The second kappa shape index (κ2) is 6.09. The Labute approximate surface area is 158 Å². The number of nitrogens with zero attached hydrogens (tertiary/aromatic N) is 4. The monoisotopic (exact) mass is 361 g/mol. The van der Waals surface area contributed by atoms with Crippen molar-refractivity contribution in [3.8, 4) is 11.1 Å². The van der Waals surface area contributed by atoms with Crippen LogP contribution in [0.25, 0.3) is 16.6 Å². The third-order valence-electron chi connectivity index (χ3n) is 5.96. The highest BCUT2D eigenvalue weighted by molar-refractivity contribution is 5.80. The predicted octanol–water partition coefficient (Wildman–Crippen LogP) is 2.44. The lowest BCUT2D eigenvalue weighted by molar-refractivity contribution is -0.113. The molecule has 1 aliphatic heterocycles. The SMILES string of the molecule is Nc1ccc(-c2cc3c(N4CCN(C5(C=O)CC5)CC4)ccnn3c2)cc1. The number of piperazine rings is 1. The van der Waals surface area contributed by atoms with Crippen LogP contribution in [0.15, 0.2) is 48.8 Å². The highest BCUT2D eigenvalue weighted by Gasteiger charge is 2.48. The summed E-state index contributed by atoms with van der Waals surface area (Å²) in [5.74, 6) is 0. The molecule has 0 amide bonds. The summed E-state index contributed by atoms with van der Waals surface area (Å²) < 4.78 is 1.95. The van der Waals surface area contributed by atoms with Crippen molar-refractivity contribution in [1.29, 1.82) is 0 Å². The molecular formula is C21H23N5O. The van der Waals surface area contributed by atoms with Crippen LogP contribution in [0.5, 0.6) is 0 Å². The molecule has 1 saturated heterocycles. The van der Waals surface area contributed by atoms with Crippen molar-refractivity contribution in [1.82, 2.24) is 14.5 Å². The van der Waals surface area contributed by atoms with Crippen molar-refractivity contribution in [3.63, 3.8) is 0 Å². The number of carbonyl (C=O) groups is 1. The fourth-order valence-corrected chi connectivity index (χ4v) is 4.13. The largest absolute Gasteiger partial charge is 0.399 e. The van der Waals surface area contributed by atoms with Crippen molar-refractivity contribution in [3.05, 3.63) is 48.8 Å². The van der Waals surface area contributed by atoms with Crippen LogP contribution < -0.4 is 10.6 Å². The molecule has 1 aliphatic carbocycles. The average Bonchev–Trinajstić information content (AvgIpc) is 3.39. The number of benzene rings is 1. The summed E-state index contributed by atoms with van der Waals surface area (Å²) in [4.78, 5) is 16.2. The summed E-state index contributed by atoms with van der Waals surface area (Å²) in [7, 11) is 0. The standard InChI is InChI=1S/C21H23N5O/c22-18-3-1-16(2-4-18)17-13-20-19(5-8-23-26(20)14-17)24-9-11-25(12-10-24)21(15-27)6-7-21/h1-5,8,13-15H,6-7,9-12,22H2. The molecule has 2 fully saturated rings. The van der Waals surface area contributed by atoms with Gasteiger partial charge < -0.3 is 15.4 Å². The van der Waals surface area contributed by atoms with E-state index in [9.17, 15) is 4.79 Å². The first-order valence-electron chi connectivity index (χ1n) is 9.48. The topological polar surface area (TPSA) is 66.9 Å². The molecule has 2 aromatic heterocycles. The third-order valence-corrected chi connectivity index (χ3v) is 5.96. The third kappa shape index (κ3) is 2.77. The maximum absolute atomic E-state index is 11.4. The van der Waals surface area contributed by atoms with Crippen LogP contribution in [0, 0.1) is 0 Å². The number of nitrogens with two attached hydrogens (primary N) is 1. The summed E-state index contributed by atoms with van der Waals surface area (Å²) in [6.45, 7) is 3.72. The molecule has 27 heavy (non-hydrogen) atoms. The van der Waals surface area contributed by atoms with E-state index in [0.717, 1.165) is 67.6 Å². The molecule has 6 heteroatoms. The minimum atomic E-state index is -0.156. The Hall–Kier alpha value is -2.86. The van der Waals surface area contributed by atoms with Gasteiger partial charge in [-0.25, -0.2) is 4.52 Å². The Kier molecular flexibility index (Phi) is 3.68. The number of hydrogen-bond donors (Lipinski definition) is 1. The number of anilines is 2. The van der Waals surface area contributed by atoms with Crippen molar-refractivity contribution < 1.29 is 4.79 Å². The molecule has 2 aliphatic rings. The van der Waals surface area contributed by atoms with E-state index in [4.69, 9.17) is 5.73 Å². The maximum atomic E-state index is 11.4. The van der Waals surface area contributed by atoms with E-state index in [0.29, 0.717) is 0 Å². The van der Waals surface area contributed by atoms with Gasteiger partial charge in [0.15, 0.2) is 0 Å². The second-order valence-corrected chi connectivity index (χ2v) is 7.59. The molecule has 0 bridgehead atoms. The highest BCUT2D eigenvalue weighted by atomic mass is 16.1. The van der Waals surface area contributed by atoms with Crippen molar-refractivity contribution in [2.75, 3.05) is 36.8 Å². The van der Waals surface area contributed by atoms with Gasteiger partial charge in [0.05, 0.1) is 16.7 Å². The fraction of sp³-hybridized carbons (Fsp3) is 0.333. The average molecular weight is 361 g/mol.